The van der Waals surface area contributed by atoms with E-state index in [-0.39, 0.29) is 12.1 Å². The van der Waals surface area contributed by atoms with E-state index in [9.17, 15) is 10.1 Å². The first-order valence-corrected chi connectivity index (χ1v) is 12.7. The van der Waals surface area contributed by atoms with Crippen molar-refractivity contribution in [2.45, 2.75) is 72.1 Å². The van der Waals surface area contributed by atoms with Gasteiger partial charge in [0.15, 0.2) is 0 Å². The van der Waals surface area contributed by atoms with Gasteiger partial charge in [0.05, 0.1) is 18.1 Å². The molecule has 1 aromatic heterocycles. The molecule has 0 unspecified atom stereocenters. The fraction of sp³-hybridized carbons (Fsp3) is 0.448. The van der Waals surface area contributed by atoms with Crippen molar-refractivity contribution in [3.63, 3.8) is 0 Å². The predicted molar refractivity (Wildman–Crippen MR) is 140 cm³/mol. The number of rotatable bonds is 7. The fourth-order valence-electron chi connectivity index (χ4n) is 4.36. The molecule has 0 amide bonds. The van der Waals surface area contributed by atoms with E-state index in [1.54, 1.807) is 12.1 Å². The molecule has 1 aliphatic rings. The van der Waals surface area contributed by atoms with Gasteiger partial charge in [-0.2, -0.15) is 10.2 Å². The van der Waals surface area contributed by atoms with Crippen LogP contribution >= 0.6 is 0 Å². The highest BCUT2D eigenvalue weighted by molar-refractivity contribution is 5.70. The second kappa shape index (κ2) is 11.1. The molecule has 3 aromatic rings. The summed E-state index contributed by atoms with van der Waals surface area (Å²) >= 11 is 0. The molecule has 2 heterocycles. The van der Waals surface area contributed by atoms with Gasteiger partial charge >= 0.3 is 5.97 Å². The van der Waals surface area contributed by atoms with Crippen LogP contribution in [0.15, 0.2) is 40.9 Å². The van der Waals surface area contributed by atoms with Crippen molar-refractivity contribution < 1.29 is 18.8 Å². The Kier molecular flexibility index (Phi) is 7.94. The normalized spacial score (nSPS) is 14.1. The molecule has 0 saturated carbocycles. The Hall–Kier alpha value is -3.70. The lowest BCUT2D eigenvalue weighted by Gasteiger charge is -2.23. The molecule has 0 radical (unpaired) electrons. The van der Waals surface area contributed by atoms with E-state index in [1.807, 2.05) is 46.8 Å². The fourth-order valence-corrected chi connectivity index (χ4v) is 4.36. The van der Waals surface area contributed by atoms with Gasteiger partial charge in [-0.25, -0.2) is 0 Å². The van der Waals surface area contributed by atoms with Gasteiger partial charge < -0.3 is 14.0 Å². The summed E-state index contributed by atoms with van der Waals surface area (Å²) in [4.78, 5) is 19.0. The average Bonchev–Trinajstić information content (AvgIpc) is 3.23. The standard InChI is InChI=1S/C29H34N4O4/c1-19(2)35-25-11-10-22(16-24(25)17-30)28-31-27(32-37-28)21-8-9-23-18-33(13-6-7-20(23)15-21)14-12-26(34)36-29(3,4)5/h8-11,15-16,19H,6-7,12-14,18H2,1-5H3. The number of nitriles is 1. The molecule has 37 heavy (non-hydrogen) atoms. The maximum atomic E-state index is 12.1. The smallest absolute Gasteiger partial charge is 0.307 e. The van der Waals surface area contributed by atoms with Crippen LogP contribution in [-0.4, -0.2) is 45.8 Å². The lowest BCUT2D eigenvalue weighted by atomic mass is 10.0. The van der Waals surface area contributed by atoms with Gasteiger partial charge in [-0.1, -0.05) is 17.3 Å². The maximum Gasteiger partial charge on any atom is 0.307 e. The van der Waals surface area contributed by atoms with Crippen molar-refractivity contribution in [3.8, 4) is 34.7 Å². The van der Waals surface area contributed by atoms with Crippen LogP contribution in [0.25, 0.3) is 22.8 Å². The van der Waals surface area contributed by atoms with Crippen LogP contribution in [0.4, 0.5) is 0 Å². The van der Waals surface area contributed by atoms with Crippen molar-refractivity contribution in [1.82, 2.24) is 15.0 Å². The summed E-state index contributed by atoms with van der Waals surface area (Å²) in [6, 6.07) is 13.7. The molecule has 194 valence electrons. The van der Waals surface area contributed by atoms with Gasteiger partial charge in [-0.3, -0.25) is 9.69 Å². The van der Waals surface area contributed by atoms with Crippen molar-refractivity contribution in [2.24, 2.45) is 0 Å². The van der Waals surface area contributed by atoms with Crippen LogP contribution in [0.2, 0.25) is 0 Å². The molecular weight excluding hydrogens is 468 g/mol. The van der Waals surface area contributed by atoms with Crippen LogP contribution in [0.1, 0.15) is 64.2 Å². The van der Waals surface area contributed by atoms with E-state index in [4.69, 9.17) is 14.0 Å². The summed E-state index contributed by atoms with van der Waals surface area (Å²) in [6.45, 7) is 11.9. The van der Waals surface area contributed by atoms with Crippen LogP contribution in [-0.2, 0) is 22.5 Å². The highest BCUT2D eigenvalue weighted by Gasteiger charge is 2.20. The molecule has 0 spiro atoms. The minimum atomic E-state index is -0.461. The summed E-state index contributed by atoms with van der Waals surface area (Å²) in [6.07, 6.45) is 2.30. The molecule has 0 bridgehead atoms. The molecule has 0 N–H and O–H groups in total. The van der Waals surface area contributed by atoms with Crippen LogP contribution < -0.4 is 4.74 Å². The Labute approximate surface area is 218 Å². The third-order valence-electron chi connectivity index (χ3n) is 5.97. The Morgan fingerprint density at radius 2 is 1.95 bits per heavy atom. The maximum absolute atomic E-state index is 12.1. The zero-order chi connectivity index (χ0) is 26.6. The molecule has 0 saturated heterocycles. The predicted octanol–water partition coefficient (Wildman–Crippen LogP) is 5.54. The molecule has 1 aliphatic heterocycles. The lowest BCUT2D eigenvalue weighted by molar-refractivity contribution is -0.155. The van der Waals surface area contributed by atoms with Crippen molar-refractivity contribution in [1.29, 1.82) is 5.26 Å². The Bertz CT molecular complexity index is 1300. The average molecular weight is 503 g/mol. The number of carbonyl (C=O) groups is 1. The largest absolute Gasteiger partial charge is 0.490 e. The van der Waals surface area contributed by atoms with E-state index in [2.05, 4.69) is 33.2 Å². The summed E-state index contributed by atoms with van der Waals surface area (Å²) in [5.74, 6) is 1.23. The summed E-state index contributed by atoms with van der Waals surface area (Å²) in [5.41, 5.74) is 4.02. The minimum absolute atomic E-state index is 0.0294. The summed E-state index contributed by atoms with van der Waals surface area (Å²) in [5, 5.41) is 13.7. The van der Waals surface area contributed by atoms with Crippen molar-refractivity contribution >= 4 is 5.97 Å². The molecule has 4 rings (SSSR count). The Balaban J connectivity index is 1.46. The topological polar surface area (TPSA) is 101 Å². The zero-order valence-electron chi connectivity index (χ0n) is 22.2. The monoisotopic (exact) mass is 502 g/mol. The third kappa shape index (κ3) is 6.95. The van der Waals surface area contributed by atoms with Crippen LogP contribution in [0.5, 0.6) is 5.75 Å². The summed E-state index contributed by atoms with van der Waals surface area (Å²) in [7, 11) is 0. The number of fused-ring (bicyclic) bond motifs is 1. The second-order valence-corrected chi connectivity index (χ2v) is 10.6. The van der Waals surface area contributed by atoms with E-state index in [0.29, 0.717) is 41.6 Å². The van der Waals surface area contributed by atoms with Gasteiger partial charge in [0.1, 0.15) is 17.4 Å². The van der Waals surface area contributed by atoms with Crippen molar-refractivity contribution in [2.75, 3.05) is 13.1 Å². The number of hydrogen-bond donors (Lipinski definition) is 0. The zero-order valence-corrected chi connectivity index (χ0v) is 22.2. The quantitative estimate of drug-likeness (QED) is 0.388. The van der Waals surface area contributed by atoms with Gasteiger partial charge in [0.2, 0.25) is 5.82 Å². The Morgan fingerprint density at radius 1 is 1.16 bits per heavy atom. The highest BCUT2D eigenvalue weighted by atomic mass is 16.6. The molecule has 0 fully saturated rings. The number of carbonyl (C=O) groups excluding carboxylic acids is 1. The molecule has 8 heteroatoms. The van der Waals surface area contributed by atoms with E-state index >= 15 is 0 Å². The number of ether oxygens (including phenoxy) is 2. The first kappa shape index (κ1) is 26.4. The molecule has 0 aliphatic carbocycles. The second-order valence-electron chi connectivity index (χ2n) is 10.6. The number of hydrogen-bond acceptors (Lipinski definition) is 8. The van der Waals surface area contributed by atoms with E-state index in [0.717, 1.165) is 31.5 Å². The minimum Gasteiger partial charge on any atom is -0.490 e. The van der Waals surface area contributed by atoms with Crippen molar-refractivity contribution in [3.05, 3.63) is 53.1 Å². The number of nitrogens with zero attached hydrogens (tertiary/aromatic N) is 4. The molecule has 2 aromatic carbocycles. The summed E-state index contributed by atoms with van der Waals surface area (Å²) < 4.78 is 16.7. The van der Waals surface area contributed by atoms with Crippen LogP contribution in [0.3, 0.4) is 0 Å². The van der Waals surface area contributed by atoms with Gasteiger partial charge in [-0.15, -0.1) is 0 Å². The Morgan fingerprint density at radius 3 is 2.68 bits per heavy atom. The number of esters is 1. The van der Waals surface area contributed by atoms with E-state index < -0.39 is 5.60 Å². The van der Waals surface area contributed by atoms with Gasteiger partial charge in [0, 0.05) is 24.2 Å². The van der Waals surface area contributed by atoms with Gasteiger partial charge in [-0.05, 0) is 89.4 Å². The lowest BCUT2D eigenvalue weighted by Crippen LogP contribution is -2.29. The number of aromatic nitrogens is 2. The SMILES string of the molecule is CC(C)Oc1ccc(-c2nc(-c3ccc4c(c3)CCCN(CCC(=O)OC(C)(C)C)C4)no2)cc1C#N. The van der Waals surface area contributed by atoms with Gasteiger partial charge in [0.25, 0.3) is 5.89 Å². The van der Waals surface area contributed by atoms with Crippen LogP contribution in [0, 0.1) is 11.3 Å². The highest BCUT2D eigenvalue weighted by Crippen LogP contribution is 2.29. The first-order chi connectivity index (χ1) is 17.6. The number of aryl methyl sites for hydroxylation is 1. The van der Waals surface area contributed by atoms with E-state index in [1.165, 1.54) is 11.1 Å². The molecule has 0 atom stereocenters. The molecular formula is C29H34N4O4. The molecule has 8 nitrogen and oxygen atoms in total. The third-order valence-corrected chi connectivity index (χ3v) is 5.97. The number of benzene rings is 2. The first-order valence-electron chi connectivity index (χ1n) is 12.7.